The van der Waals surface area contributed by atoms with E-state index in [-0.39, 0.29) is 0 Å². The molecule has 0 saturated carbocycles. The Balaban J connectivity index is 1.50. The van der Waals surface area contributed by atoms with E-state index in [2.05, 4.69) is 90.9 Å². The zero-order valence-corrected chi connectivity index (χ0v) is 18.8. The highest BCUT2D eigenvalue weighted by molar-refractivity contribution is 5.93. The topological polar surface area (TPSA) is 21.1 Å². The summed E-state index contributed by atoms with van der Waals surface area (Å²) in [6, 6.07) is 21.9. The molecule has 3 heterocycles. The fourth-order valence-electron chi connectivity index (χ4n) is 5.11. The van der Waals surface area contributed by atoms with Crippen LogP contribution in [0.4, 0.5) is 5.82 Å². The van der Waals surface area contributed by atoms with E-state index in [0.717, 1.165) is 25.5 Å². The van der Waals surface area contributed by atoms with Gasteiger partial charge in [0.1, 0.15) is 0 Å². The van der Waals surface area contributed by atoms with Gasteiger partial charge in [-0.2, -0.15) is 0 Å². The third kappa shape index (κ3) is 3.63. The first-order chi connectivity index (χ1) is 15.1. The first-order valence-electron chi connectivity index (χ1n) is 11.4. The van der Waals surface area contributed by atoms with Crippen molar-refractivity contribution in [3.05, 3.63) is 94.8 Å². The van der Waals surface area contributed by atoms with Gasteiger partial charge in [-0.1, -0.05) is 54.6 Å². The highest BCUT2D eigenvalue weighted by Crippen LogP contribution is 2.36. The molecule has 0 spiro atoms. The maximum Gasteiger partial charge on any atom is 0.153 e. The molecular formula is C28H31N3. The minimum absolute atomic E-state index is 0.652. The van der Waals surface area contributed by atoms with Crippen LogP contribution in [0.5, 0.6) is 0 Å². The number of anilines is 1. The number of piperidine rings is 1. The highest BCUT2D eigenvalue weighted by atomic mass is 15.2. The van der Waals surface area contributed by atoms with Crippen molar-refractivity contribution in [2.24, 2.45) is 0 Å². The van der Waals surface area contributed by atoms with Crippen molar-refractivity contribution in [3.63, 3.8) is 0 Å². The Hall–Kier alpha value is -3.07. The Kier molecular flexibility index (Phi) is 5.27. The fraction of sp³-hybridized carbons (Fsp3) is 0.321. The molecule has 1 fully saturated rings. The lowest BCUT2D eigenvalue weighted by molar-refractivity contribution is 0.503. The molecule has 0 atom stereocenters. The van der Waals surface area contributed by atoms with Crippen LogP contribution in [-0.2, 0) is 6.54 Å². The lowest BCUT2D eigenvalue weighted by atomic mass is 9.89. The number of aromatic nitrogens is 2. The summed E-state index contributed by atoms with van der Waals surface area (Å²) in [5.74, 6) is 1.80. The second-order valence-electron chi connectivity index (χ2n) is 8.93. The molecule has 2 aromatic carbocycles. The van der Waals surface area contributed by atoms with Crippen LogP contribution in [-0.4, -0.2) is 22.6 Å². The molecule has 0 N–H and O–H groups in total. The predicted octanol–water partition coefficient (Wildman–Crippen LogP) is 6.39. The normalized spacial score (nSPS) is 15.0. The number of hydrogen-bond acceptors (Lipinski definition) is 2. The zero-order valence-electron chi connectivity index (χ0n) is 18.8. The molecule has 1 saturated heterocycles. The molecule has 0 amide bonds. The molecule has 0 aliphatic carbocycles. The van der Waals surface area contributed by atoms with Gasteiger partial charge < -0.3 is 9.47 Å². The van der Waals surface area contributed by atoms with Crippen LogP contribution in [0.1, 0.15) is 46.7 Å². The quantitative estimate of drug-likeness (QED) is 0.389. The summed E-state index contributed by atoms with van der Waals surface area (Å²) >= 11 is 0. The Morgan fingerprint density at radius 3 is 2.32 bits per heavy atom. The van der Waals surface area contributed by atoms with Crippen molar-refractivity contribution >= 4 is 16.7 Å². The Morgan fingerprint density at radius 2 is 1.58 bits per heavy atom. The number of rotatable bonds is 4. The second kappa shape index (κ2) is 8.22. The van der Waals surface area contributed by atoms with Gasteiger partial charge in [-0.05, 0) is 67.9 Å². The van der Waals surface area contributed by atoms with E-state index in [4.69, 9.17) is 4.98 Å². The molecular weight excluding hydrogens is 378 g/mol. The molecule has 158 valence electrons. The summed E-state index contributed by atoms with van der Waals surface area (Å²) in [6.45, 7) is 9.70. The first-order valence-corrected chi connectivity index (χ1v) is 11.4. The fourth-order valence-corrected chi connectivity index (χ4v) is 5.11. The summed E-state index contributed by atoms with van der Waals surface area (Å²) in [6.07, 6.45) is 4.35. The maximum absolute atomic E-state index is 4.91. The largest absolute Gasteiger partial charge is 0.355 e. The monoisotopic (exact) mass is 409 g/mol. The minimum Gasteiger partial charge on any atom is -0.355 e. The summed E-state index contributed by atoms with van der Waals surface area (Å²) in [5.41, 5.74) is 8.19. The van der Waals surface area contributed by atoms with Crippen LogP contribution in [0.2, 0.25) is 0 Å². The molecule has 5 rings (SSSR count). The standard InChI is InChI=1S/C28H31N3/c1-20-9-7-8-12-25(20)19-31-22(3)21(2)26-13-16-29-28(27(26)31)30-17-14-24(15-18-30)23-10-5-4-6-11-23/h4-13,16,24H,14-15,17-19H2,1-3H3. The van der Waals surface area contributed by atoms with Crippen LogP contribution >= 0.6 is 0 Å². The molecule has 0 unspecified atom stereocenters. The summed E-state index contributed by atoms with van der Waals surface area (Å²) in [4.78, 5) is 7.42. The smallest absolute Gasteiger partial charge is 0.153 e. The molecule has 3 heteroatoms. The van der Waals surface area contributed by atoms with Gasteiger partial charge in [0.25, 0.3) is 0 Å². The first kappa shape index (κ1) is 19.9. The molecule has 4 aromatic rings. The summed E-state index contributed by atoms with van der Waals surface area (Å²) in [7, 11) is 0. The molecule has 1 aliphatic rings. The van der Waals surface area contributed by atoms with Gasteiger partial charge in [0.2, 0.25) is 0 Å². The van der Waals surface area contributed by atoms with Crippen LogP contribution in [0.25, 0.3) is 10.9 Å². The average Bonchev–Trinajstić information content (AvgIpc) is 3.06. The molecule has 2 aromatic heterocycles. The Bertz CT molecular complexity index is 1200. The van der Waals surface area contributed by atoms with Crippen LogP contribution in [0, 0.1) is 20.8 Å². The van der Waals surface area contributed by atoms with Gasteiger partial charge >= 0.3 is 0 Å². The van der Waals surface area contributed by atoms with E-state index in [0.29, 0.717) is 5.92 Å². The third-order valence-corrected chi connectivity index (χ3v) is 7.18. The maximum atomic E-state index is 4.91. The zero-order chi connectivity index (χ0) is 21.4. The van der Waals surface area contributed by atoms with Crippen molar-refractivity contribution in [2.75, 3.05) is 18.0 Å². The number of nitrogens with zero attached hydrogens (tertiary/aromatic N) is 3. The van der Waals surface area contributed by atoms with Gasteiger partial charge in [0, 0.05) is 36.9 Å². The minimum atomic E-state index is 0.652. The molecule has 0 radical (unpaired) electrons. The number of aryl methyl sites for hydroxylation is 2. The SMILES string of the molecule is Cc1ccccc1Cn1c(C)c(C)c2ccnc(N3CCC(c4ccccc4)CC3)c21. The van der Waals surface area contributed by atoms with E-state index in [9.17, 15) is 0 Å². The van der Waals surface area contributed by atoms with Gasteiger partial charge in [-0.25, -0.2) is 4.98 Å². The second-order valence-corrected chi connectivity index (χ2v) is 8.93. The van der Waals surface area contributed by atoms with E-state index in [1.807, 2.05) is 6.20 Å². The highest BCUT2D eigenvalue weighted by Gasteiger charge is 2.25. The van der Waals surface area contributed by atoms with E-state index in [1.54, 1.807) is 0 Å². The van der Waals surface area contributed by atoms with Gasteiger partial charge in [-0.15, -0.1) is 0 Å². The number of fused-ring (bicyclic) bond motifs is 1. The van der Waals surface area contributed by atoms with Crippen LogP contribution in [0.15, 0.2) is 66.9 Å². The molecule has 3 nitrogen and oxygen atoms in total. The van der Waals surface area contributed by atoms with E-state index < -0.39 is 0 Å². The Labute approximate surface area is 185 Å². The number of hydrogen-bond donors (Lipinski definition) is 0. The number of pyridine rings is 1. The third-order valence-electron chi connectivity index (χ3n) is 7.18. The lowest BCUT2D eigenvalue weighted by Crippen LogP contribution is -2.33. The van der Waals surface area contributed by atoms with E-state index >= 15 is 0 Å². The lowest BCUT2D eigenvalue weighted by Gasteiger charge is -2.33. The van der Waals surface area contributed by atoms with Crippen molar-refractivity contribution < 1.29 is 0 Å². The van der Waals surface area contributed by atoms with Gasteiger partial charge in [0.15, 0.2) is 5.82 Å². The van der Waals surface area contributed by atoms with Crippen LogP contribution in [0.3, 0.4) is 0 Å². The van der Waals surface area contributed by atoms with Crippen molar-refractivity contribution in [1.29, 1.82) is 0 Å². The average molecular weight is 410 g/mol. The van der Waals surface area contributed by atoms with E-state index in [1.165, 1.54) is 51.7 Å². The molecule has 0 bridgehead atoms. The summed E-state index contributed by atoms with van der Waals surface area (Å²) in [5, 5.41) is 1.33. The molecule has 1 aliphatic heterocycles. The van der Waals surface area contributed by atoms with Gasteiger partial charge in [-0.3, -0.25) is 0 Å². The molecule has 31 heavy (non-hydrogen) atoms. The van der Waals surface area contributed by atoms with Gasteiger partial charge in [0.05, 0.1) is 5.52 Å². The van der Waals surface area contributed by atoms with Crippen molar-refractivity contribution in [3.8, 4) is 0 Å². The van der Waals surface area contributed by atoms with Crippen molar-refractivity contribution in [1.82, 2.24) is 9.55 Å². The van der Waals surface area contributed by atoms with Crippen molar-refractivity contribution in [2.45, 2.75) is 46.1 Å². The van der Waals surface area contributed by atoms with Crippen LogP contribution < -0.4 is 4.90 Å². The number of benzene rings is 2. The Morgan fingerprint density at radius 1 is 0.871 bits per heavy atom. The predicted molar refractivity (Wildman–Crippen MR) is 130 cm³/mol. The summed E-state index contributed by atoms with van der Waals surface area (Å²) < 4.78 is 2.48.